The third kappa shape index (κ3) is 4.08. The minimum absolute atomic E-state index is 0.111. The van der Waals surface area contributed by atoms with E-state index in [2.05, 4.69) is 35.9 Å². The summed E-state index contributed by atoms with van der Waals surface area (Å²) in [5, 5.41) is 1.22. The molecule has 1 amide bonds. The van der Waals surface area contributed by atoms with E-state index in [9.17, 15) is 4.79 Å². The Morgan fingerprint density at radius 1 is 1.00 bits per heavy atom. The van der Waals surface area contributed by atoms with E-state index >= 15 is 0 Å². The Bertz CT molecular complexity index is 1370. The molecule has 0 radical (unpaired) electrons. The molecule has 1 aromatic carbocycles. The molecule has 0 spiro atoms. The van der Waals surface area contributed by atoms with E-state index in [0.717, 1.165) is 53.5 Å². The number of carbonyl (C=O) groups is 1. The monoisotopic (exact) mass is 483 g/mol. The van der Waals surface area contributed by atoms with Gasteiger partial charge in [0, 0.05) is 54.6 Å². The molecule has 0 atom stereocenters. The normalized spacial score (nSPS) is 15.7. The Labute approximate surface area is 209 Å². The molecule has 3 aromatic heterocycles. The van der Waals surface area contributed by atoms with Crippen LogP contribution in [-0.2, 0) is 12.8 Å². The molecule has 35 heavy (non-hydrogen) atoms. The molecule has 0 bridgehead atoms. The van der Waals surface area contributed by atoms with Crippen LogP contribution < -0.4 is 4.90 Å². The van der Waals surface area contributed by atoms with Crippen molar-refractivity contribution in [3.63, 3.8) is 0 Å². The third-order valence-corrected chi connectivity index (χ3v) is 8.34. The molecule has 0 saturated carbocycles. The summed E-state index contributed by atoms with van der Waals surface area (Å²) in [7, 11) is 0. The molecule has 1 fully saturated rings. The van der Waals surface area contributed by atoms with Gasteiger partial charge >= 0.3 is 0 Å². The number of anilines is 1. The van der Waals surface area contributed by atoms with Gasteiger partial charge in [-0.1, -0.05) is 26.0 Å². The van der Waals surface area contributed by atoms with Crippen LogP contribution in [0, 0.1) is 0 Å². The lowest BCUT2D eigenvalue weighted by Crippen LogP contribution is -2.49. The SMILES string of the molecule is CC(C)c1ccc(C(=O)N2CCN(c3nc(-c4cccnc4)nc4sc5c(c34)CCC5)CC2)cc1. The predicted octanol–water partition coefficient (Wildman–Crippen LogP) is 5.33. The standard InChI is InChI=1S/C28H29N5OS/c1-18(2)19-8-10-20(11-9-19)28(34)33-15-13-32(14-16-33)26-24-22-6-3-7-23(22)35-27(24)31-25(30-26)21-5-4-12-29-17-21/h4-5,8-12,17-18H,3,6-7,13-16H2,1-2H3. The minimum Gasteiger partial charge on any atom is -0.352 e. The number of aryl methyl sites for hydroxylation is 2. The Morgan fingerprint density at radius 3 is 2.51 bits per heavy atom. The molecule has 2 aliphatic rings. The van der Waals surface area contributed by atoms with Crippen LogP contribution in [0.15, 0.2) is 48.8 Å². The van der Waals surface area contributed by atoms with Crippen molar-refractivity contribution in [3.8, 4) is 11.4 Å². The van der Waals surface area contributed by atoms with Crippen molar-refractivity contribution in [2.24, 2.45) is 0 Å². The Hall–Kier alpha value is -3.32. The molecule has 0 N–H and O–H groups in total. The highest BCUT2D eigenvalue weighted by molar-refractivity contribution is 7.19. The number of hydrogen-bond donors (Lipinski definition) is 0. The maximum Gasteiger partial charge on any atom is 0.253 e. The van der Waals surface area contributed by atoms with Gasteiger partial charge in [-0.25, -0.2) is 9.97 Å². The fraction of sp³-hybridized carbons (Fsp3) is 0.357. The first-order valence-electron chi connectivity index (χ1n) is 12.5. The first kappa shape index (κ1) is 22.2. The number of amides is 1. The Kier molecular flexibility index (Phi) is 5.72. The highest BCUT2D eigenvalue weighted by atomic mass is 32.1. The maximum absolute atomic E-state index is 13.2. The quantitative estimate of drug-likeness (QED) is 0.393. The zero-order valence-electron chi connectivity index (χ0n) is 20.2. The average Bonchev–Trinajstić information content (AvgIpc) is 3.50. The number of nitrogens with zero attached hydrogens (tertiary/aromatic N) is 5. The zero-order chi connectivity index (χ0) is 23.9. The van der Waals surface area contributed by atoms with Crippen LogP contribution in [0.1, 0.15) is 52.5 Å². The van der Waals surface area contributed by atoms with Gasteiger partial charge in [0.25, 0.3) is 5.91 Å². The summed E-state index contributed by atoms with van der Waals surface area (Å²) >= 11 is 1.82. The minimum atomic E-state index is 0.111. The number of piperazine rings is 1. The first-order valence-corrected chi connectivity index (χ1v) is 13.3. The van der Waals surface area contributed by atoms with Gasteiger partial charge in [-0.15, -0.1) is 11.3 Å². The molecule has 4 heterocycles. The fourth-order valence-corrected chi connectivity index (χ4v) is 6.40. The molecule has 0 unspecified atom stereocenters. The molecule has 178 valence electrons. The van der Waals surface area contributed by atoms with Crippen molar-refractivity contribution in [2.75, 3.05) is 31.1 Å². The lowest BCUT2D eigenvalue weighted by Gasteiger charge is -2.36. The second-order valence-electron chi connectivity index (χ2n) is 9.71. The zero-order valence-corrected chi connectivity index (χ0v) is 21.0. The van der Waals surface area contributed by atoms with Crippen molar-refractivity contribution in [3.05, 3.63) is 70.4 Å². The summed E-state index contributed by atoms with van der Waals surface area (Å²) in [6, 6.07) is 12.0. The van der Waals surface area contributed by atoms with Crippen LogP contribution in [0.25, 0.3) is 21.6 Å². The van der Waals surface area contributed by atoms with Gasteiger partial charge in [-0.3, -0.25) is 9.78 Å². The maximum atomic E-state index is 13.2. The lowest BCUT2D eigenvalue weighted by atomic mass is 10.0. The summed E-state index contributed by atoms with van der Waals surface area (Å²) in [6.07, 6.45) is 7.04. The molecule has 4 aromatic rings. The highest BCUT2D eigenvalue weighted by Gasteiger charge is 2.28. The summed E-state index contributed by atoms with van der Waals surface area (Å²) < 4.78 is 0. The van der Waals surface area contributed by atoms with Gasteiger partial charge in [0.1, 0.15) is 10.6 Å². The fourth-order valence-electron chi connectivity index (χ4n) is 5.14. The Balaban J connectivity index is 1.28. The van der Waals surface area contributed by atoms with E-state index < -0.39 is 0 Å². The van der Waals surface area contributed by atoms with E-state index in [1.165, 1.54) is 27.8 Å². The lowest BCUT2D eigenvalue weighted by molar-refractivity contribution is 0.0746. The van der Waals surface area contributed by atoms with Crippen LogP contribution in [0.5, 0.6) is 0 Å². The summed E-state index contributed by atoms with van der Waals surface area (Å²) in [6.45, 7) is 7.24. The van der Waals surface area contributed by atoms with E-state index in [1.807, 2.05) is 46.7 Å². The molecular weight excluding hydrogens is 454 g/mol. The number of rotatable bonds is 4. The van der Waals surface area contributed by atoms with Crippen molar-refractivity contribution >= 4 is 33.3 Å². The molecule has 6 nitrogen and oxygen atoms in total. The van der Waals surface area contributed by atoms with Crippen molar-refractivity contribution < 1.29 is 4.79 Å². The van der Waals surface area contributed by atoms with Crippen LogP contribution in [0.4, 0.5) is 5.82 Å². The Morgan fingerprint density at radius 2 is 1.80 bits per heavy atom. The number of aromatic nitrogens is 3. The number of pyridine rings is 1. The van der Waals surface area contributed by atoms with E-state index in [1.54, 1.807) is 6.20 Å². The largest absolute Gasteiger partial charge is 0.352 e. The molecule has 1 aliphatic heterocycles. The summed E-state index contributed by atoms with van der Waals surface area (Å²) in [5.74, 6) is 2.31. The molecule has 6 rings (SSSR count). The average molecular weight is 484 g/mol. The van der Waals surface area contributed by atoms with Gasteiger partial charge in [0.05, 0.1) is 5.39 Å². The van der Waals surface area contributed by atoms with Crippen molar-refractivity contribution in [1.82, 2.24) is 19.9 Å². The van der Waals surface area contributed by atoms with Crippen LogP contribution in [0.2, 0.25) is 0 Å². The van der Waals surface area contributed by atoms with Gasteiger partial charge < -0.3 is 9.80 Å². The topological polar surface area (TPSA) is 62.2 Å². The molecule has 7 heteroatoms. The van der Waals surface area contributed by atoms with Crippen molar-refractivity contribution in [2.45, 2.75) is 39.0 Å². The highest BCUT2D eigenvalue weighted by Crippen LogP contribution is 2.41. The molecule has 1 aliphatic carbocycles. The second kappa shape index (κ2) is 9.04. The van der Waals surface area contributed by atoms with Crippen LogP contribution in [0.3, 0.4) is 0 Å². The van der Waals surface area contributed by atoms with Crippen molar-refractivity contribution in [1.29, 1.82) is 0 Å². The van der Waals surface area contributed by atoms with Gasteiger partial charge in [0.2, 0.25) is 0 Å². The van der Waals surface area contributed by atoms with E-state index in [0.29, 0.717) is 19.0 Å². The molecule has 1 saturated heterocycles. The smallest absolute Gasteiger partial charge is 0.253 e. The predicted molar refractivity (Wildman–Crippen MR) is 141 cm³/mol. The van der Waals surface area contributed by atoms with Gasteiger partial charge in [0.15, 0.2) is 5.82 Å². The molecular formula is C28H29N5OS. The third-order valence-electron chi connectivity index (χ3n) is 7.16. The van der Waals surface area contributed by atoms with E-state index in [-0.39, 0.29) is 5.91 Å². The number of hydrogen-bond acceptors (Lipinski definition) is 6. The summed E-state index contributed by atoms with van der Waals surface area (Å²) in [5.41, 5.74) is 4.39. The van der Waals surface area contributed by atoms with Crippen LogP contribution in [-0.4, -0.2) is 51.9 Å². The van der Waals surface area contributed by atoms with E-state index in [4.69, 9.17) is 9.97 Å². The number of carbonyl (C=O) groups excluding carboxylic acids is 1. The summed E-state index contributed by atoms with van der Waals surface area (Å²) in [4.78, 5) is 34.3. The second-order valence-corrected chi connectivity index (χ2v) is 10.8. The number of thiophene rings is 1. The van der Waals surface area contributed by atoms with Gasteiger partial charge in [-0.2, -0.15) is 0 Å². The number of benzene rings is 1. The van der Waals surface area contributed by atoms with Gasteiger partial charge in [-0.05, 0) is 60.6 Å². The van der Waals surface area contributed by atoms with Crippen LogP contribution >= 0.6 is 11.3 Å². The first-order chi connectivity index (χ1) is 17.1. The number of fused-ring (bicyclic) bond motifs is 3.